The molecule has 2 aromatic carbocycles. The van der Waals surface area contributed by atoms with Gasteiger partial charge in [-0.15, -0.1) is 0 Å². The number of piperazine rings is 1. The maximum atomic E-state index is 13.8. The van der Waals surface area contributed by atoms with Crippen molar-refractivity contribution >= 4 is 11.5 Å². The molecule has 0 amide bonds. The molecule has 41 heavy (non-hydrogen) atoms. The van der Waals surface area contributed by atoms with Crippen molar-refractivity contribution in [1.82, 2.24) is 15.1 Å². The second-order valence-electron chi connectivity index (χ2n) is 10.8. The number of aromatic nitrogens is 1. The Balaban J connectivity index is 1.79. The Hall–Kier alpha value is -3.35. The molecule has 0 radical (unpaired) electrons. The van der Waals surface area contributed by atoms with Crippen molar-refractivity contribution in [2.24, 2.45) is 0 Å². The first-order valence-electron chi connectivity index (χ1n) is 13.0. The van der Waals surface area contributed by atoms with Crippen molar-refractivity contribution in [3.63, 3.8) is 0 Å². The van der Waals surface area contributed by atoms with Crippen LogP contribution in [-0.4, -0.2) is 55.3 Å². The Bertz CT molecular complexity index is 1350. The Kier molecular flexibility index (Phi) is 8.32. The van der Waals surface area contributed by atoms with Gasteiger partial charge in [0.15, 0.2) is 0 Å². The maximum Gasteiger partial charge on any atom is 0.416 e. The molecule has 1 aromatic heterocycles. The molecule has 0 saturated carbocycles. The predicted octanol–water partition coefficient (Wildman–Crippen LogP) is 6.93. The van der Waals surface area contributed by atoms with E-state index in [0.717, 1.165) is 37.3 Å². The lowest BCUT2D eigenvalue weighted by molar-refractivity contribution is -0.143. The Morgan fingerprint density at radius 3 is 1.88 bits per heavy atom. The van der Waals surface area contributed by atoms with Gasteiger partial charge in [-0.3, -0.25) is 5.17 Å². The third kappa shape index (κ3) is 6.44. The van der Waals surface area contributed by atoms with E-state index in [0.29, 0.717) is 34.4 Å². The quantitative estimate of drug-likeness (QED) is 0.233. The SMILES string of the molecule is Cc1ccccc1-c1cc(N2CCN(C)CC2)ncc1N(C)N([O-])C(C)(C)c1cc(C(F)(F)F)cc(C(F)(F)F)c1. The van der Waals surface area contributed by atoms with Gasteiger partial charge in [0.05, 0.1) is 23.0 Å². The van der Waals surface area contributed by atoms with Crippen LogP contribution in [0.1, 0.15) is 36.1 Å². The molecule has 0 atom stereocenters. The summed E-state index contributed by atoms with van der Waals surface area (Å²) in [7, 11) is 3.45. The van der Waals surface area contributed by atoms with Gasteiger partial charge in [-0.05, 0) is 68.8 Å². The monoisotopic (exact) mass is 580 g/mol. The van der Waals surface area contributed by atoms with Crippen LogP contribution < -0.4 is 9.91 Å². The van der Waals surface area contributed by atoms with Crippen LogP contribution in [0.2, 0.25) is 0 Å². The molecule has 1 saturated heterocycles. The summed E-state index contributed by atoms with van der Waals surface area (Å²) in [5, 5.41) is 15.4. The third-order valence-corrected chi connectivity index (χ3v) is 7.52. The number of hydroxylamine groups is 1. The molecule has 3 aromatic rings. The van der Waals surface area contributed by atoms with Crippen LogP contribution >= 0.6 is 0 Å². The van der Waals surface area contributed by atoms with Gasteiger partial charge in [0.25, 0.3) is 0 Å². The summed E-state index contributed by atoms with van der Waals surface area (Å²) >= 11 is 0. The molecule has 1 fully saturated rings. The van der Waals surface area contributed by atoms with E-state index in [-0.39, 0.29) is 6.07 Å². The maximum absolute atomic E-state index is 13.8. The van der Waals surface area contributed by atoms with Crippen molar-refractivity contribution in [2.75, 3.05) is 50.2 Å². The van der Waals surface area contributed by atoms with Crippen molar-refractivity contribution in [2.45, 2.75) is 38.7 Å². The first-order valence-corrected chi connectivity index (χ1v) is 13.0. The van der Waals surface area contributed by atoms with Crippen LogP contribution in [0.5, 0.6) is 0 Å². The molecule has 0 spiro atoms. The number of nitrogens with zero attached hydrogens (tertiary/aromatic N) is 5. The van der Waals surface area contributed by atoms with Gasteiger partial charge >= 0.3 is 12.4 Å². The number of rotatable bonds is 6. The molecule has 1 aliphatic rings. The second-order valence-corrected chi connectivity index (χ2v) is 10.8. The van der Waals surface area contributed by atoms with Crippen molar-refractivity contribution in [3.05, 3.63) is 82.2 Å². The summed E-state index contributed by atoms with van der Waals surface area (Å²) < 4.78 is 81.3. The van der Waals surface area contributed by atoms with Gasteiger partial charge < -0.3 is 20.0 Å². The number of hydrogen-bond donors (Lipinski definition) is 0. The number of benzene rings is 2. The summed E-state index contributed by atoms with van der Waals surface area (Å²) in [4.78, 5) is 8.93. The van der Waals surface area contributed by atoms with Crippen molar-refractivity contribution in [3.8, 4) is 11.1 Å². The van der Waals surface area contributed by atoms with Gasteiger partial charge in [-0.2, -0.15) is 26.3 Å². The summed E-state index contributed by atoms with van der Waals surface area (Å²) in [6.45, 7) is 7.69. The minimum atomic E-state index is -5.03. The summed E-state index contributed by atoms with van der Waals surface area (Å²) in [6, 6.07) is 10.6. The van der Waals surface area contributed by atoms with E-state index in [1.807, 2.05) is 44.3 Å². The Morgan fingerprint density at radius 2 is 1.34 bits per heavy atom. The van der Waals surface area contributed by atoms with E-state index in [4.69, 9.17) is 0 Å². The minimum absolute atomic E-state index is 0.0513. The second kappa shape index (κ2) is 11.1. The zero-order valence-corrected chi connectivity index (χ0v) is 23.4. The number of likely N-dealkylation sites (N-methyl/N-ethyl adjacent to an activating group) is 1. The fraction of sp³-hybridized carbons (Fsp3) is 0.414. The fourth-order valence-electron chi connectivity index (χ4n) is 4.89. The van der Waals surface area contributed by atoms with Gasteiger partial charge in [-0.1, -0.05) is 24.3 Å². The van der Waals surface area contributed by atoms with E-state index >= 15 is 0 Å². The first-order chi connectivity index (χ1) is 19.0. The summed E-state index contributed by atoms with van der Waals surface area (Å²) in [6.07, 6.45) is -8.55. The van der Waals surface area contributed by atoms with Crippen LogP contribution in [0.4, 0.5) is 37.8 Å². The number of halogens is 6. The normalized spacial score (nSPS) is 15.5. The standard InChI is InChI=1S/C29H32F6N5O/c1-19-8-6-7-9-23(19)24-17-26(39-12-10-37(4)11-13-39)36-18-25(24)38(5)40(41)27(2,3)20-14-21(28(30,31)32)16-22(15-20)29(33,34)35/h6-9,14-18H,10-13H2,1-5H3/q-1. The number of anilines is 2. The van der Waals surface area contributed by atoms with Crippen LogP contribution in [0.3, 0.4) is 0 Å². The van der Waals surface area contributed by atoms with E-state index in [9.17, 15) is 31.5 Å². The fourth-order valence-corrected chi connectivity index (χ4v) is 4.89. The predicted molar refractivity (Wildman–Crippen MR) is 147 cm³/mol. The molecule has 222 valence electrons. The molecule has 0 N–H and O–H groups in total. The van der Waals surface area contributed by atoms with Gasteiger partial charge in [0.2, 0.25) is 0 Å². The molecule has 6 nitrogen and oxygen atoms in total. The van der Waals surface area contributed by atoms with Crippen LogP contribution in [0, 0.1) is 12.1 Å². The average molecular weight is 581 g/mol. The van der Waals surface area contributed by atoms with Crippen molar-refractivity contribution < 1.29 is 26.3 Å². The van der Waals surface area contributed by atoms with E-state index in [2.05, 4.69) is 14.8 Å². The molecule has 12 heteroatoms. The highest BCUT2D eigenvalue weighted by atomic mass is 19.4. The zero-order chi connectivity index (χ0) is 30.3. The molecule has 4 rings (SSSR count). The van der Waals surface area contributed by atoms with Crippen molar-refractivity contribution in [1.29, 1.82) is 0 Å². The van der Waals surface area contributed by atoms with Crippen LogP contribution in [0.25, 0.3) is 11.1 Å². The highest BCUT2D eigenvalue weighted by molar-refractivity contribution is 5.82. The zero-order valence-electron chi connectivity index (χ0n) is 23.4. The van der Waals surface area contributed by atoms with E-state index < -0.39 is 34.6 Å². The smallest absolute Gasteiger partial charge is 0.416 e. The number of alkyl halides is 6. The molecular formula is C29H32F6N5O-. The van der Waals surface area contributed by atoms with Gasteiger partial charge in [0, 0.05) is 44.3 Å². The third-order valence-electron chi connectivity index (χ3n) is 7.52. The van der Waals surface area contributed by atoms with Crippen LogP contribution in [0.15, 0.2) is 54.7 Å². The Morgan fingerprint density at radius 1 is 0.805 bits per heavy atom. The number of pyridine rings is 1. The molecule has 0 unspecified atom stereocenters. The molecule has 0 bridgehead atoms. The molecule has 0 aliphatic carbocycles. The Labute approximate surface area is 235 Å². The molecule has 2 heterocycles. The lowest BCUT2D eigenvalue weighted by Gasteiger charge is -2.50. The number of hydrazine groups is 1. The molecular weight excluding hydrogens is 548 g/mol. The highest BCUT2D eigenvalue weighted by Gasteiger charge is 2.39. The highest BCUT2D eigenvalue weighted by Crippen LogP contribution is 2.42. The lowest BCUT2D eigenvalue weighted by atomic mass is 9.90. The summed E-state index contributed by atoms with van der Waals surface area (Å²) in [5.41, 5.74) is -2.47. The van der Waals surface area contributed by atoms with E-state index in [1.165, 1.54) is 32.1 Å². The summed E-state index contributed by atoms with van der Waals surface area (Å²) in [5.74, 6) is 0.706. The first kappa shape index (κ1) is 30.6. The largest absolute Gasteiger partial charge is 0.767 e. The lowest BCUT2D eigenvalue weighted by Crippen LogP contribution is -2.48. The minimum Gasteiger partial charge on any atom is -0.767 e. The van der Waals surface area contributed by atoms with Gasteiger partial charge in [0.1, 0.15) is 5.82 Å². The van der Waals surface area contributed by atoms with E-state index in [1.54, 1.807) is 0 Å². The molecule has 1 aliphatic heterocycles. The number of hydrogen-bond acceptors (Lipinski definition) is 6. The topological polar surface area (TPSA) is 48.9 Å². The van der Waals surface area contributed by atoms with Crippen LogP contribution in [-0.2, 0) is 17.9 Å². The van der Waals surface area contributed by atoms with Gasteiger partial charge in [-0.25, -0.2) is 4.98 Å². The number of aryl methyl sites for hydroxylation is 1. The average Bonchev–Trinajstić information content (AvgIpc) is 2.91.